The van der Waals surface area contributed by atoms with Crippen molar-refractivity contribution in [2.24, 2.45) is 5.92 Å². The predicted molar refractivity (Wildman–Crippen MR) is 91.7 cm³/mol. The highest BCUT2D eigenvalue weighted by Gasteiger charge is 2.36. The molecule has 1 fully saturated rings. The van der Waals surface area contributed by atoms with Crippen molar-refractivity contribution < 1.29 is 18.7 Å². The maximum Gasteiger partial charge on any atom is 0.227 e. The van der Waals surface area contributed by atoms with Gasteiger partial charge in [0, 0.05) is 19.5 Å². The highest BCUT2D eigenvalue weighted by molar-refractivity contribution is 6.01. The minimum atomic E-state index is -0.419. The van der Waals surface area contributed by atoms with Crippen molar-refractivity contribution in [3.8, 4) is 5.75 Å². The molecule has 1 aliphatic heterocycles. The Hall–Kier alpha value is -2.89. The first kappa shape index (κ1) is 17.0. The number of amides is 2. The number of methoxy groups -OCH3 is 1. The Balaban J connectivity index is 1.63. The van der Waals surface area contributed by atoms with Gasteiger partial charge in [-0.1, -0.05) is 24.3 Å². The van der Waals surface area contributed by atoms with Crippen molar-refractivity contribution in [1.29, 1.82) is 0 Å². The van der Waals surface area contributed by atoms with Crippen LogP contribution >= 0.6 is 0 Å². The molecule has 130 valence electrons. The zero-order valence-corrected chi connectivity index (χ0v) is 13.9. The lowest BCUT2D eigenvalue weighted by Gasteiger charge is -2.19. The Morgan fingerprint density at radius 2 is 1.96 bits per heavy atom. The van der Waals surface area contributed by atoms with Gasteiger partial charge in [-0.2, -0.15) is 0 Å². The lowest BCUT2D eigenvalue weighted by molar-refractivity contribution is -0.126. The van der Waals surface area contributed by atoms with E-state index < -0.39 is 5.92 Å². The average Bonchev–Trinajstić information content (AvgIpc) is 3.02. The molecule has 0 spiro atoms. The molecule has 25 heavy (non-hydrogen) atoms. The summed E-state index contributed by atoms with van der Waals surface area (Å²) in [6, 6.07) is 13.2. The van der Waals surface area contributed by atoms with Crippen LogP contribution in [-0.2, 0) is 16.1 Å². The average molecular weight is 342 g/mol. The number of anilines is 1. The summed E-state index contributed by atoms with van der Waals surface area (Å²) in [5.74, 6) is -0.425. The van der Waals surface area contributed by atoms with Crippen molar-refractivity contribution >= 4 is 17.5 Å². The standard InChI is InChI=1S/C19H19FN2O3/c1-25-17-5-3-2-4-16(17)22-12-14(10-18(22)23)19(24)21-11-13-6-8-15(20)9-7-13/h2-9,14H,10-12H2,1H3,(H,21,24)/t14-/m1/s1. The van der Waals surface area contributed by atoms with Gasteiger partial charge in [0.05, 0.1) is 18.7 Å². The van der Waals surface area contributed by atoms with Crippen LogP contribution in [0.5, 0.6) is 5.75 Å². The highest BCUT2D eigenvalue weighted by Crippen LogP contribution is 2.32. The van der Waals surface area contributed by atoms with Gasteiger partial charge in [-0.3, -0.25) is 9.59 Å². The molecule has 0 radical (unpaired) electrons. The van der Waals surface area contributed by atoms with E-state index in [4.69, 9.17) is 4.74 Å². The topological polar surface area (TPSA) is 58.6 Å². The number of halogens is 1. The molecule has 1 heterocycles. The molecular weight excluding hydrogens is 323 g/mol. The quantitative estimate of drug-likeness (QED) is 0.908. The van der Waals surface area contributed by atoms with Crippen molar-refractivity contribution in [2.45, 2.75) is 13.0 Å². The first-order valence-corrected chi connectivity index (χ1v) is 8.04. The fourth-order valence-corrected chi connectivity index (χ4v) is 2.90. The maximum atomic E-state index is 12.9. The van der Waals surface area contributed by atoms with Gasteiger partial charge < -0.3 is 15.0 Å². The zero-order chi connectivity index (χ0) is 17.8. The van der Waals surface area contributed by atoms with Gasteiger partial charge >= 0.3 is 0 Å². The summed E-state index contributed by atoms with van der Waals surface area (Å²) in [7, 11) is 1.55. The van der Waals surface area contributed by atoms with E-state index in [1.807, 2.05) is 12.1 Å². The SMILES string of the molecule is COc1ccccc1N1C[C@H](C(=O)NCc2ccc(F)cc2)CC1=O. The lowest BCUT2D eigenvalue weighted by atomic mass is 10.1. The Kier molecular flexibility index (Phi) is 4.97. The van der Waals surface area contributed by atoms with E-state index in [1.54, 1.807) is 36.3 Å². The maximum absolute atomic E-state index is 12.9. The Morgan fingerprint density at radius 1 is 1.24 bits per heavy atom. The van der Waals surface area contributed by atoms with Gasteiger partial charge in [-0.05, 0) is 29.8 Å². The smallest absolute Gasteiger partial charge is 0.227 e. The fourth-order valence-electron chi connectivity index (χ4n) is 2.90. The van der Waals surface area contributed by atoms with E-state index in [-0.39, 0.29) is 24.1 Å². The van der Waals surface area contributed by atoms with Crippen LogP contribution in [0.25, 0.3) is 0 Å². The largest absolute Gasteiger partial charge is 0.495 e. The molecule has 0 unspecified atom stereocenters. The first-order chi connectivity index (χ1) is 12.1. The molecule has 6 heteroatoms. The van der Waals surface area contributed by atoms with Crippen molar-refractivity contribution in [3.63, 3.8) is 0 Å². The summed E-state index contributed by atoms with van der Waals surface area (Å²) in [5, 5.41) is 2.81. The normalized spacial score (nSPS) is 16.8. The number of hydrogen-bond donors (Lipinski definition) is 1. The van der Waals surface area contributed by atoms with Crippen LogP contribution < -0.4 is 15.0 Å². The second kappa shape index (κ2) is 7.34. The number of nitrogens with zero attached hydrogens (tertiary/aromatic N) is 1. The third kappa shape index (κ3) is 3.79. The summed E-state index contributed by atoms with van der Waals surface area (Å²) >= 11 is 0. The predicted octanol–water partition coefficient (Wildman–Crippen LogP) is 2.50. The Labute approximate surface area is 145 Å². The highest BCUT2D eigenvalue weighted by atomic mass is 19.1. The molecule has 2 amide bonds. The fraction of sp³-hybridized carbons (Fsp3) is 0.263. The zero-order valence-electron chi connectivity index (χ0n) is 13.9. The van der Waals surface area contributed by atoms with E-state index in [9.17, 15) is 14.0 Å². The Bertz CT molecular complexity index is 776. The number of carbonyl (C=O) groups is 2. The van der Waals surface area contributed by atoms with Gasteiger partial charge in [0.15, 0.2) is 0 Å². The molecule has 1 saturated heterocycles. The van der Waals surface area contributed by atoms with Crippen LogP contribution in [-0.4, -0.2) is 25.5 Å². The number of para-hydroxylation sites is 2. The second-order valence-electron chi connectivity index (χ2n) is 5.92. The number of ether oxygens (including phenoxy) is 1. The van der Waals surface area contributed by atoms with Crippen LogP contribution in [0.3, 0.4) is 0 Å². The minimum Gasteiger partial charge on any atom is -0.495 e. The molecule has 5 nitrogen and oxygen atoms in total. The molecular formula is C19H19FN2O3. The van der Waals surface area contributed by atoms with Crippen molar-refractivity contribution in [2.75, 3.05) is 18.6 Å². The van der Waals surface area contributed by atoms with Gasteiger partial charge in [-0.25, -0.2) is 4.39 Å². The molecule has 3 rings (SSSR count). The second-order valence-corrected chi connectivity index (χ2v) is 5.92. The third-order valence-corrected chi connectivity index (χ3v) is 4.25. The summed E-state index contributed by atoms with van der Waals surface area (Å²) < 4.78 is 18.2. The summed E-state index contributed by atoms with van der Waals surface area (Å²) in [6.45, 7) is 0.618. The Morgan fingerprint density at radius 3 is 2.68 bits per heavy atom. The molecule has 1 aliphatic rings. The van der Waals surface area contributed by atoms with E-state index in [2.05, 4.69) is 5.32 Å². The lowest BCUT2D eigenvalue weighted by Crippen LogP contribution is -2.32. The molecule has 0 bridgehead atoms. The minimum absolute atomic E-state index is 0.105. The molecule has 0 aliphatic carbocycles. The van der Waals surface area contributed by atoms with Crippen LogP contribution in [0.4, 0.5) is 10.1 Å². The summed E-state index contributed by atoms with van der Waals surface area (Å²) in [4.78, 5) is 26.3. The number of carbonyl (C=O) groups excluding carboxylic acids is 2. The molecule has 2 aromatic rings. The number of rotatable bonds is 5. The molecule has 1 N–H and O–H groups in total. The van der Waals surface area contributed by atoms with Crippen LogP contribution in [0, 0.1) is 11.7 Å². The van der Waals surface area contributed by atoms with Crippen molar-refractivity contribution in [3.05, 3.63) is 59.9 Å². The molecule has 0 saturated carbocycles. The van der Waals surface area contributed by atoms with Gasteiger partial charge in [0.2, 0.25) is 11.8 Å². The van der Waals surface area contributed by atoms with Gasteiger partial charge in [-0.15, -0.1) is 0 Å². The first-order valence-electron chi connectivity index (χ1n) is 8.04. The van der Waals surface area contributed by atoms with Crippen molar-refractivity contribution in [1.82, 2.24) is 5.32 Å². The summed E-state index contributed by atoms with van der Waals surface area (Å²) in [6.07, 6.45) is 0.160. The van der Waals surface area contributed by atoms with Gasteiger partial charge in [0.25, 0.3) is 0 Å². The number of hydrogen-bond acceptors (Lipinski definition) is 3. The van der Waals surface area contributed by atoms with E-state index in [1.165, 1.54) is 12.1 Å². The monoisotopic (exact) mass is 342 g/mol. The van der Waals surface area contributed by atoms with Crippen LogP contribution in [0.15, 0.2) is 48.5 Å². The molecule has 2 aromatic carbocycles. The van der Waals surface area contributed by atoms with E-state index >= 15 is 0 Å². The van der Waals surface area contributed by atoms with Gasteiger partial charge in [0.1, 0.15) is 11.6 Å². The molecule has 0 aromatic heterocycles. The van der Waals surface area contributed by atoms with Crippen LogP contribution in [0.2, 0.25) is 0 Å². The van der Waals surface area contributed by atoms with E-state index in [0.29, 0.717) is 24.5 Å². The number of nitrogens with one attached hydrogen (secondary N) is 1. The third-order valence-electron chi connectivity index (χ3n) is 4.25. The number of benzene rings is 2. The van der Waals surface area contributed by atoms with E-state index in [0.717, 1.165) is 5.56 Å². The summed E-state index contributed by atoms with van der Waals surface area (Å²) in [5.41, 5.74) is 1.48. The molecule has 1 atom stereocenters. The van der Waals surface area contributed by atoms with Crippen LogP contribution in [0.1, 0.15) is 12.0 Å².